The fraction of sp³-hybridized carbons (Fsp3) is 0.182. The van der Waals surface area contributed by atoms with Crippen molar-refractivity contribution in [3.63, 3.8) is 0 Å². The third kappa shape index (κ3) is 2.57. The molecule has 0 aromatic carbocycles. The van der Waals surface area contributed by atoms with Gasteiger partial charge in [-0.25, -0.2) is 9.78 Å². The van der Waals surface area contributed by atoms with Crippen LogP contribution in [0.25, 0.3) is 0 Å². The summed E-state index contributed by atoms with van der Waals surface area (Å²) >= 11 is 1.43. The molecule has 0 bridgehead atoms. The number of nitrogens with one attached hydrogen (secondary N) is 1. The highest BCUT2D eigenvalue weighted by Crippen LogP contribution is 2.12. The minimum Gasteiger partial charge on any atom is -0.478 e. The molecule has 0 aliphatic rings. The van der Waals surface area contributed by atoms with E-state index in [-0.39, 0.29) is 17.9 Å². The van der Waals surface area contributed by atoms with Gasteiger partial charge < -0.3 is 14.8 Å². The minimum atomic E-state index is -1.20. The molecule has 0 unspecified atom stereocenters. The van der Waals surface area contributed by atoms with Crippen LogP contribution < -0.4 is 5.32 Å². The molecule has 7 heteroatoms. The van der Waals surface area contributed by atoms with Gasteiger partial charge in [0.25, 0.3) is 5.91 Å². The third-order valence-electron chi connectivity index (χ3n) is 2.17. The van der Waals surface area contributed by atoms with Crippen LogP contribution in [-0.4, -0.2) is 22.0 Å². The van der Waals surface area contributed by atoms with E-state index in [0.717, 1.165) is 10.7 Å². The molecular formula is C11H10N2O4S. The van der Waals surface area contributed by atoms with Gasteiger partial charge >= 0.3 is 5.97 Å². The molecule has 0 saturated heterocycles. The molecule has 2 heterocycles. The number of rotatable bonds is 4. The molecule has 94 valence electrons. The maximum absolute atomic E-state index is 11.7. The fourth-order valence-electron chi connectivity index (χ4n) is 1.37. The topological polar surface area (TPSA) is 92.4 Å². The Kier molecular flexibility index (Phi) is 3.42. The van der Waals surface area contributed by atoms with Crippen LogP contribution in [0.5, 0.6) is 0 Å². The van der Waals surface area contributed by atoms with Crippen molar-refractivity contribution in [1.82, 2.24) is 10.3 Å². The van der Waals surface area contributed by atoms with Crippen molar-refractivity contribution in [2.75, 3.05) is 0 Å². The van der Waals surface area contributed by atoms with E-state index in [4.69, 9.17) is 9.52 Å². The standard InChI is InChI=1S/C11H10N2O4S/c1-6-5-18-8(13-6)4-12-10(14)9-7(11(15)16)2-3-17-9/h2-3,5H,4H2,1H3,(H,12,14)(H,15,16). The number of amides is 1. The lowest BCUT2D eigenvalue weighted by Gasteiger charge is -2.01. The van der Waals surface area contributed by atoms with E-state index in [1.54, 1.807) is 0 Å². The number of thiazole rings is 1. The van der Waals surface area contributed by atoms with Gasteiger partial charge in [-0.2, -0.15) is 0 Å². The molecule has 0 atom stereocenters. The van der Waals surface area contributed by atoms with E-state index in [9.17, 15) is 9.59 Å². The van der Waals surface area contributed by atoms with Crippen molar-refractivity contribution in [1.29, 1.82) is 0 Å². The lowest BCUT2D eigenvalue weighted by molar-refractivity contribution is 0.0688. The molecule has 0 radical (unpaired) electrons. The first-order valence-electron chi connectivity index (χ1n) is 5.08. The number of carboxylic acids is 1. The number of aromatic carboxylic acids is 1. The smallest absolute Gasteiger partial charge is 0.339 e. The molecular weight excluding hydrogens is 256 g/mol. The lowest BCUT2D eigenvalue weighted by atomic mass is 10.2. The second kappa shape index (κ2) is 5.01. The van der Waals surface area contributed by atoms with Crippen molar-refractivity contribution >= 4 is 23.2 Å². The van der Waals surface area contributed by atoms with Gasteiger partial charge in [-0.3, -0.25) is 4.79 Å². The number of carboxylic acid groups (broad SMARTS) is 1. The highest BCUT2D eigenvalue weighted by molar-refractivity contribution is 7.09. The largest absolute Gasteiger partial charge is 0.478 e. The maximum Gasteiger partial charge on any atom is 0.339 e. The molecule has 2 aromatic heterocycles. The zero-order valence-electron chi connectivity index (χ0n) is 9.47. The van der Waals surface area contributed by atoms with Gasteiger partial charge in [0.15, 0.2) is 0 Å². The summed E-state index contributed by atoms with van der Waals surface area (Å²) in [5.41, 5.74) is 0.733. The summed E-state index contributed by atoms with van der Waals surface area (Å²) in [7, 11) is 0. The molecule has 1 amide bonds. The van der Waals surface area contributed by atoms with Gasteiger partial charge in [-0.15, -0.1) is 11.3 Å². The van der Waals surface area contributed by atoms with Gasteiger partial charge in [0, 0.05) is 11.1 Å². The number of nitrogens with zero attached hydrogens (tertiary/aromatic N) is 1. The van der Waals surface area contributed by atoms with Crippen LogP contribution in [0.15, 0.2) is 22.1 Å². The number of carbonyl (C=O) groups excluding carboxylic acids is 1. The Hall–Kier alpha value is -2.15. The van der Waals surface area contributed by atoms with Crippen molar-refractivity contribution < 1.29 is 19.1 Å². The van der Waals surface area contributed by atoms with Crippen LogP contribution in [0, 0.1) is 6.92 Å². The summed E-state index contributed by atoms with van der Waals surface area (Å²) in [6, 6.07) is 1.24. The number of carbonyl (C=O) groups is 2. The van der Waals surface area contributed by atoms with Crippen molar-refractivity contribution in [2.24, 2.45) is 0 Å². The first kappa shape index (κ1) is 12.3. The highest BCUT2D eigenvalue weighted by atomic mass is 32.1. The summed E-state index contributed by atoms with van der Waals surface area (Å²) in [5, 5.41) is 14.0. The zero-order valence-corrected chi connectivity index (χ0v) is 10.3. The van der Waals surface area contributed by atoms with E-state index < -0.39 is 11.9 Å². The summed E-state index contributed by atoms with van der Waals surface area (Å²) in [6.07, 6.45) is 1.17. The normalized spacial score (nSPS) is 10.3. The molecule has 0 aliphatic carbocycles. The molecule has 6 nitrogen and oxygen atoms in total. The quantitative estimate of drug-likeness (QED) is 0.878. The summed E-state index contributed by atoms with van der Waals surface area (Å²) < 4.78 is 4.87. The highest BCUT2D eigenvalue weighted by Gasteiger charge is 2.20. The average Bonchev–Trinajstić information content (AvgIpc) is 2.94. The molecule has 18 heavy (non-hydrogen) atoms. The van der Waals surface area contributed by atoms with Crippen LogP contribution in [0.2, 0.25) is 0 Å². The predicted molar refractivity (Wildman–Crippen MR) is 63.7 cm³/mol. The Morgan fingerprint density at radius 2 is 2.33 bits per heavy atom. The Morgan fingerprint density at radius 3 is 2.94 bits per heavy atom. The Bertz CT molecular complexity index is 587. The Labute approximate surface area is 106 Å². The van der Waals surface area contributed by atoms with E-state index in [1.807, 2.05) is 12.3 Å². The van der Waals surface area contributed by atoms with Gasteiger partial charge in [-0.1, -0.05) is 0 Å². The average molecular weight is 266 g/mol. The van der Waals surface area contributed by atoms with Crippen molar-refractivity contribution in [3.05, 3.63) is 39.7 Å². The number of furan rings is 1. The molecule has 0 saturated carbocycles. The van der Waals surface area contributed by atoms with Gasteiger partial charge in [0.05, 0.1) is 12.8 Å². The zero-order chi connectivity index (χ0) is 13.1. The monoisotopic (exact) mass is 266 g/mol. The minimum absolute atomic E-state index is 0.150. The van der Waals surface area contributed by atoms with E-state index in [0.29, 0.717) is 0 Å². The van der Waals surface area contributed by atoms with Gasteiger partial charge in [-0.05, 0) is 13.0 Å². The van der Waals surface area contributed by atoms with Crippen LogP contribution in [0.1, 0.15) is 31.6 Å². The molecule has 2 rings (SSSR count). The fourth-order valence-corrected chi connectivity index (χ4v) is 2.09. The molecule has 2 aromatic rings. The predicted octanol–water partition coefficient (Wildman–Crippen LogP) is 1.67. The number of aromatic nitrogens is 1. The second-order valence-corrected chi connectivity index (χ2v) is 4.48. The van der Waals surface area contributed by atoms with E-state index in [1.165, 1.54) is 23.7 Å². The van der Waals surface area contributed by atoms with E-state index in [2.05, 4.69) is 10.3 Å². The number of hydrogen-bond donors (Lipinski definition) is 2. The molecule has 2 N–H and O–H groups in total. The first-order valence-corrected chi connectivity index (χ1v) is 5.96. The summed E-state index contributed by atoms with van der Waals surface area (Å²) in [5.74, 6) is -1.96. The molecule has 0 aliphatic heterocycles. The number of aryl methyl sites for hydroxylation is 1. The van der Waals surface area contributed by atoms with Crippen LogP contribution in [-0.2, 0) is 6.54 Å². The molecule has 0 fully saturated rings. The summed E-state index contributed by atoms with van der Waals surface area (Å²) in [6.45, 7) is 2.11. The lowest BCUT2D eigenvalue weighted by Crippen LogP contribution is -2.24. The van der Waals surface area contributed by atoms with Crippen molar-refractivity contribution in [2.45, 2.75) is 13.5 Å². The Morgan fingerprint density at radius 1 is 1.56 bits per heavy atom. The Balaban J connectivity index is 2.04. The van der Waals surface area contributed by atoms with Crippen LogP contribution in [0.4, 0.5) is 0 Å². The summed E-state index contributed by atoms with van der Waals surface area (Å²) in [4.78, 5) is 26.7. The maximum atomic E-state index is 11.7. The van der Waals surface area contributed by atoms with Gasteiger partial charge in [0.2, 0.25) is 5.76 Å². The second-order valence-electron chi connectivity index (χ2n) is 3.53. The SMILES string of the molecule is Cc1csc(CNC(=O)c2occc2C(=O)O)n1. The van der Waals surface area contributed by atoms with Crippen LogP contribution >= 0.6 is 11.3 Å². The van der Waals surface area contributed by atoms with Crippen molar-refractivity contribution in [3.8, 4) is 0 Å². The third-order valence-corrected chi connectivity index (χ3v) is 3.14. The first-order chi connectivity index (χ1) is 8.58. The number of hydrogen-bond acceptors (Lipinski definition) is 5. The van der Waals surface area contributed by atoms with Gasteiger partial charge in [0.1, 0.15) is 10.6 Å². The molecule has 0 spiro atoms. The van der Waals surface area contributed by atoms with Crippen LogP contribution in [0.3, 0.4) is 0 Å². The van der Waals surface area contributed by atoms with E-state index >= 15 is 0 Å².